The largest absolute Gasteiger partial charge is 0.444 e. The van der Waals surface area contributed by atoms with Crippen molar-refractivity contribution < 1.29 is 32.9 Å². The van der Waals surface area contributed by atoms with Gasteiger partial charge in [-0.1, -0.05) is 18.2 Å². The van der Waals surface area contributed by atoms with E-state index in [1.54, 1.807) is 24.4 Å². The standard InChI is InChI=1S/C53H59FN12O5/c1-53(2,3)71-52(70)58-45-13-9-37(29-56-45)40-15-20-55-49-42(40)28-39(62(49)4)30-63-21-16-34(17-22-63)33-5-7-36(8-6-33)51(69)65-25-26-66-46(60-61-47(66)32-65)31-64-23-18-35(19-24-64)41-11-10-38(27-43(41)54)57-44-12-14-48(67)59-50(44)68/h5-11,13,15,20,27-29,31,34-35,44,57H,12,14,16-19,21-26,30,32H2,1-4H3,(H-,55,56,58,59,67,68,70)/p+1. The molecule has 4 amide bonds. The predicted octanol–water partition coefficient (Wildman–Crippen LogP) is 6.97. The van der Waals surface area contributed by atoms with Gasteiger partial charge in [-0.25, -0.2) is 23.7 Å². The minimum atomic E-state index is -0.602. The molecule has 71 heavy (non-hydrogen) atoms. The van der Waals surface area contributed by atoms with Crippen LogP contribution in [0, 0.1) is 5.82 Å². The Hall–Kier alpha value is -7.34. The maximum absolute atomic E-state index is 15.3. The average Bonchev–Trinajstić information content (AvgIpc) is 3.91. The summed E-state index contributed by atoms with van der Waals surface area (Å²) in [6, 6.07) is 20.6. The molecule has 0 radical (unpaired) electrons. The van der Waals surface area contributed by atoms with Gasteiger partial charge in [0, 0.05) is 86.2 Å². The second kappa shape index (κ2) is 19.8. The first-order valence-electron chi connectivity index (χ1n) is 24.6. The lowest BCUT2D eigenvalue weighted by molar-refractivity contribution is -0.534. The van der Waals surface area contributed by atoms with Gasteiger partial charge in [0.2, 0.25) is 23.9 Å². The number of amides is 4. The Kier molecular flexibility index (Phi) is 13.2. The van der Waals surface area contributed by atoms with Crippen LogP contribution in [-0.4, -0.2) is 118 Å². The molecule has 0 spiro atoms. The second-order valence-corrected chi connectivity index (χ2v) is 20.2. The number of piperidine rings is 3. The third-order valence-corrected chi connectivity index (χ3v) is 14.3. The number of aromatic nitrogens is 6. The van der Waals surface area contributed by atoms with Gasteiger partial charge in [-0.15, -0.1) is 10.2 Å². The Morgan fingerprint density at radius 1 is 0.901 bits per heavy atom. The second-order valence-electron chi connectivity index (χ2n) is 20.2. The number of nitrogens with zero attached hydrogens (tertiary/aromatic N) is 9. The molecule has 17 nitrogen and oxygen atoms in total. The molecular formula is C53H60FN12O5+. The monoisotopic (exact) mass is 963 g/mol. The lowest BCUT2D eigenvalue weighted by Crippen LogP contribution is -2.47. The molecule has 18 heteroatoms. The fraction of sp³-hybridized carbons (Fsp3) is 0.415. The van der Waals surface area contributed by atoms with Crippen LogP contribution in [0.5, 0.6) is 0 Å². The number of carbonyl (C=O) groups is 4. The maximum atomic E-state index is 15.3. The van der Waals surface area contributed by atoms with Crippen LogP contribution in [0.3, 0.4) is 0 Å². The number of aryl methyl sites for hydroxylation is 1. The summed E-state index contributed by atoms with van der Waals surface area (Å²) in [4.78, 5) is 63.2. The summed E-state index contributed by atoms with van der Waals surface area (Å²) in [5.74, 6) is 1.41. The molecule has 3 saturated heterocycles. The highest BCUT2D eigenvalue weighted by molar-refractivity contribution is 6.01. The summed E-state index contributed by atoms with van der Waals surface area (Å²) in [6.45, 7) is 11.2. The van der Waals surface area contributed by atoms with E-state index < -0.39 is 17.7 Å². The molecule has 0 saturated carbocycles. The van der Waals surface area contributed by atoms with Crippen LogP contribution in [0.4, 0.5) is 20.7 Å². The molecule has 3 N–H and O–H groups in total. The summed E-state index contributed by atoms with van der Waals surface area (Å²) in [5, 5.41) is 18.1. The minimum absolute atomic E-state index is 0.0173. The molecule has 2 aromatic carbocycles. The van der Waals surface area contributed by atoms with E-state index in [9.17, 15) is 19.2 Å². The van der Waals surface area contributed by atoms with Gasteiger partial charge >= 0.3 is 6.09 Å². The van der Waals surface area contributed by atoms with Gasteiger partial charge in [0.1, 0.15) is 42.0 Å². The van der Waals surface area contributed by atoms with E-state index in [0.29, 0.717) is 54.6 Å². The molecule has 368 valence electrons. The van der Waals surface area contributed by atoms with Crippen molar-refractivity contribution in [2.24, 2.45) is 7.05 Å². The van der Waals surface area contributed by atoms with Gasteiger partial charge in [-0.3, -0.25) is 29.9 Å². The van der Waals surface area contributed by atoms with Crippen molar-refractivity contribution in [2.45, 2.75) is 102 Å². The minimum Gasteiger partial charge on any atom is -0.444 e. The van der Waals surface area contributed by atoms with E-state index in [-0.39, 0.29) is 35.9 Å². The quantitative estimate of drug-likeness (QED) is 0.0952. The maximum Gasteiger partial charge on any atom is 0.413 e. The van der Waals surface area contributed by atoms with Crippen LogP contribution in [0.1, 0.15) is 110 Å². The number of halogens is 1. The number of ether oxygens (including phenoxy) is 1. The number of rotatable bonds is 10. The summed E-state index contributed by atoms with van der Waals surface area (Å²) < 4.78 is 27.2. The van der Waals surface area contributed by atoms with Crippen molar-refractivity contribution in [1.82, 2.24) is 44.4 Å². The highest BCUT2D eigenvalue weighted by atomic mass is 19.1. The first-order chi connectivity index (χ1) is 34.2. The number of hydrogen-bond acceptors (Lipinski definition) is 11. The van der Waals surface area contributed by atoms with E-state index in [1.807, 2.05) is 62.3 Å². The number of likely N-dealkylation sites (tertiary alicyclic amines) is 1. The van der Waals surface area contributed by atoms with Crippen molar-refractivity contribution in [2.75, 3.05) is 43.4 Å². The Labute approximate surface area is 411 Å². The molecule has 8 heterocycles. The highest BCUT2D eigenvalue weighted by Gasteiger charge is 2.31. The number of benzene rings is 2. The highest BCUT2D eigenvalue weighted by Crippen LogP contribution is 2.34. The molecule has 1 atom stereocenters. The zero-order valence-electron chi connectivity index (χ0n) is 40.7. The van der Waals surface area contributed by atoms with E-state index in [0.717, 1.165) is 92.2 Å². The number of anilines is 2. The van der Waals surface area contributed by atoms with Crippen LogP contribution in [0.25, 0.3) is 22.2 Å². The van der Waals surface area contributed by atoms with Crippen molar-refractivity contribution in [1.29, 1.82) is 0 Å². The third kappa shape index (κ3) is 10.6. The van der Waals surface area contributed by atoms with E-state index in [4.69, 9.17) is 9.72 Å². The molecular weight excluding hydrogens is 904 g/mol. The molecule has 4 aliphatic heterocycles. The molecule has 0 bridgehead atoms. The number of fused-ring (bicyclic) bond motifs is 2. The van der Waals surface area contributed by atoms with Gasteiger partial charge in [-0.2, -0.15) is 0 Å². The fourth-order valence-electron chi connectivity index (χ4n) is 10.4. The third-order valence-electron chi connectivity index (χ3n) is 14.3. The smallest absolute Gasteiger partial charge is 0.413 e. The Morgan fingerprint density at radius 2 is 1.69 bits per heavy atom. The van der Waals surface area contributed by atoms with E-state index in [2.05, 4.69) is 75.0 Å². The fourth-order valence-corrected chi connectivity index (χ4v) is 10.4. The molecule has 6 aromatic rings. The SMILES string of the molecule is Cn1c(CN2CCC(c3ccc(C(=O)N4CCn5c(C=[N+]6CCC(c7ccc(NC8CCC(=O)NC8=O)cc7F)CC6)nnc5C4)cc3)CC2)cc2c(-c3ccc(NC(=O)OC(C)(C)C)nc3)ccnc21. The first-order valence-corrected chi connectivity index (χ1v) is 24.6. The topological polar surface area (TPSA) is 185 Å². The molecule has 4 aromatic heterocycles. The van der Waals surface area contributed by atoms with Crippen LogP contribution in [0.2, 0.25) is 0 Å². The summed E-state index contributed by atoms with van der Waals surface area (Å²) in [6.07, 6.45) is 9.29. The molecule has 1 unspecified atom stereocenters. The van der Waals surface area contributed by atoms with Crippen LogP contribution in [0.15, 0.2) is 79.1 Å². The van der Waals surface area contributed by atoms with Gasteiger partial charge < -0.3 is 24.1 Å². The summed E-state index contributed by atoms with van der Waals surface area (Å²) >= 11 is 0. The van der Waals surface area contributed by atoms with Crippen LogP contribution in [-0.2, 0) is 41.0 Å². The number of nitrogens with one attached hydrogen (secondary N) is 3. The van der Waals surface area contributed by atoms with E-state index >= 15 is 4.39 Å². The molecule has 4 aliphatic rings. The van der Waals surface area contributed by atoms with Crippen molar-refractivity contribution >= 4 is 52.6 Å². The average molecular weight is 964 g/mol. The summed E-state index contributed by atoms with van der Waals surface area (Å²) in [7, 11) is 2.07. The lowest BCUT2D eigenvalue weighted by atomic mass is 9.89. The Bertz CT molecular complexity index is 3010. The van der Waals surface area contributed by atoms with Gasteiger partial charge in [0.25, 0.3) is 5.91 Å². The molecule has 10 rings (SSSR count). The zero-order chi connectivity index (χ0) is 49.4. The first kappa shape index (κ1) is 47.3. The zero-order valence-corrected chi connectivity index (χ0v) is 40.7. The van der Waals surface area contributed by atoms with Crippen molar-refractivity contribution in [3.8, 4) is 11.1 Å². The Morgan fingerprint density at radius 3 is 2.41 bits per heavy atom. The van der Waals surface area contributed by atoms with Gasteiger partial charge in [-0.05, 0) is 130 Å². The summed E-state index contributed by atoms with van der Waals surface area (Å²) in [5.41, 5.74) is 6.54. The lowest BCUT2D eigenvalue weighted by Gasteiger charge is -2.32. The van der Waals surface area contributed by atoms with Crippen molar-refractivity contribution in [3.63, 3.8) is 0 Å². The molecule has 3 fully saturated rings. The number of imide groups is 1. The Balaban J connectivity index is 0.695. The van der Waals surface area contributed by atoms with Crippen LogP contribution < -0.4 is 16.0 Å². The van der Waals surface area contributed by atoms with Crippen LogP contribution >= 0.6 is 0 Å². The number of pyridine rings is 2. The number of hydrogen-bond donors (Lipinski definition) is 3. The normalized spacial score (nSPS) is 19.1. The predicted molar refractivity (Wildman–Crippen MR) is 266 cm³/mol. The van der Waals surface area contributed by atoms with E-state index in [1.165, 1.54) is 17.3 Å². The van der Waals surface area contributed by atoms with Gasteiger partial charge in [0.05, 0.1) is 6.54 Å². The van der Waals surface area contributed by atoms with Crippen molar-refractivity contribution in [3.05, 3.63) is 119 Å². The molecule has 0 aliphatic carbocycles. The van der Waals surface area contributed by atoms with Gasteiger partial charge in [0.15, 0.2) is 5.82 Å². The number of carbonyl (C=O) groups excluding carboxylic acids is 4.